The normalized spacial score (nSPS) is 15.4. The molecule has 0 aromatic heterocycles. The van der Waals surface area contributed by atoms with Gasteiger partial charge in [0.05, 0.1) is 6.04 Å². The van der Waals surface area contributed by atoms with Crippen LogP contribution in [0, 0.1) is 35.5 Å². The van der Waals surface area contributed by atoms with Crippen molar-refractivity contribution in [1.29, 1.82) is 0 Å². The van der Waals surface area contributed by atoms with Crippen LogP contribution in [0.2, 0.25) is 0 Å². The van der Waals surface area contributed by atoms with Crippen molar-refractivity contribution in [2.45, 2.75) is 240 Å². The Hall–Kier alpha value is -9.32. The fourth-order valence-electron chi connectivity index (χ4n) is 9.81. The third kappa shape index (κ3) is 35.4. The summed E-state index contributed by atoms with van der Waals surface area (Å²) in [5, 5.41) is 29.4. The number of aliphatic imine (C=N–C) groups is 4. The maximum Gasteiger partial charge on any atom is 0.243 e. The Kier molecular flexibility index (Phi) is 42.5. The van der Waals surface area contributed by atoms with Crippen LogP contribution in [-0.4, -0.2) is 193 Å². The molecule has 100 heavy (non-hydrogen) atoms. The van der Waals surface area contributed by atoms with Crippen molar-refractivity contribution in [3.05, 3.63) is 0 Å². The molecule has 0 aliphatic heterocycles. The first-order valence-corrected chi connectivity index (χ1v) is 34.2. The second-order valence-electron chi connectivity index (χ2n) is 26.6. The zero-order chi connectivity index (χ0) is 76.8. The van der Waals surface area contributed by atoms with Crippen LogP contribution in [-0.2, 0) is 57.5 Å². The zero-order valence-electron chi connectivity index (χ0n) is 61.0. The van der Waals surface area contributed by atoms with Crippen molar-refractivity contribution in [2.75, 3.05) is 26.2 Å². The van der Waals surface area contributed by atoms with Gasteiger partial charge < -0.3 is 116 Å². The summed E-state index contributed by atoms with van der Waals surface area (Å²) in [6, 6.07) is -14.8. The molecule has 0 aromatic carbocycles. The molecule has 0 saturated heterocycles. The number of hydrogen-bond acceptors (Lipinski definition) is 17. The van der Waals surface area contributed by atoms with E-state index in [4.69, 9.17) is 57.3 Å². The summed E-state index contributed by atoms with van der Waals surface area (Å²) < 4.78 is 0. The molecule has 14 atom stereocenters. The van der Waals surface area contributed by atoms with Crippen molar-refractivity contribution < 1.29 is 57.5 Å². The molecule has 0 unspecified atom stereocenters. The largest absolute Gasteiger partial charge is 0.370 e. The van der Waals surface area contributed by atoms with Crippen LogP contribution >= 0.6 is 0 Å². The van der Waals surface area contributed by atoms with Crippen LogP contribution in [0.25, 0.3) is 0 Å². The van der Waals surface area contributed by atoms with Gasteiger partial charge in [0.2, 0.25) is 70.9 Å². The van der Waals surface area contributed by atoms with Crippen LogP contribution in [0.1, 0.15) is 168 Å². The van der Waals surface area contributed by atoms with E-state index < -0.39 is 173 Å². The number of primary amides is 1. The summed E-state index contributed by atoms with van der Waals surface area (Å²) in [5.74, 6) is -12.9. The summed E-state index contributed by atoms with van der Waals surface area (Å²) in [6.45, 7) is 23.8. The molecule has 0 bridgehead atoms. The molecule has 0 spiro atoms. The monoisotopic (exact) mass is 1420 g/mol. The number of nitrogens with zero attached hydrogens (tertiary/aromatic N) is 4. The molecule has 0 aliphatic carbocycles. The third-order valence-electron chi connectivity index (χ3n) is 16.2. The lowest BCUT2D eigenvalue weighted by Gasteiger charge is -2.32. The van der Waals surface area contributed by atoms with E-state index in [1.807, 2.05) is 13.8 Å². The molecule has 0 radical (unpaired) electrons. The molecular formula is C63H121N25O12. The van der Waals surface area contributed by atoms with E-state index in [9.17, 15) is 57.5 Å². The quantitative estimate of drug-likeness (QED) is 0.0153. The maximum atomic E-state index is 14.5. The minimum Gasteiger partial charge on any atom is -0.370 e. The van der Waals surface area contributed by atoms with Crippen molar-refractivity contribution in [2.24, 2.45) is 113 Å². The lowest BCUT2D eigenvalue weighted by molar-refractivity contribution is -0.137. The van der Waals surface area contributed by atoms with Crippen molar-refractivity contribution >= 4 is 94.7 Å². The van der Waals surface area contributed by atoms with E-state index in [2.05, 4.69) is 78.5 Å². The van der Waals surface area contributed by atoms with Gasteiger partial charge in [-0.2, -0.15) is 0 Å². The fourth-order valence-corrected chi connectivity index (χ4v) is 9.81. The van der Waals surface area contributed by atoms with Crippen molar-refractivity contribution in [3.8, 4) is 0 Å². The number of hydrogen-bond donors (Lipinski definition) is 21. The number of amides is 12. The average Bonchev–Trinajstić information content (AvgIpc) is 0.847. The highest BCUT2D eigenvalue weighted by atomic mass is 16.2. The predicted molar refractivity (Wildman–Crippen MR) is 382 cm³/mol. The lowest BCUT2D eigenvalue weighted by Crippen LogP contribution is -2.63. The van der Waals surface area contributed by atoms with E-state index >= 15 is 0 Å². The minimum absolute atomic E-state index is 0.0118. The molecule has 0 aliphatic rings. The van der Waals surface area contributed by atoms with Gasteiger partial charge in [-0.1, -0.05) is 95.9 Å². The van der Waals surface area contributed by atoms with Crippen molar-refractivity contribution in [3.63, 3.8) is 0 Å². The van der Waals surface area contributed by atoms with Crippen LogP contribution in [0.3, 0.4) is 0 Å². The minimum atomic E-state index is -1.29. The standard InChI is InChI=1S/C63H121N25O12/c1-15-34(11)46(58(99)82-41(24-20-28-77-63(72)73)53(94)80-39(48(65)89)22-18-26-75-61(68)69)88-57(98)45(33(9)10)86-59(100)47(35(12)16-2)87-54(95)42(29-30(3)4)83-55(96)43(31(5)6)85-56(97)44(32(7)8)84-50(91)37(14)78-49(90)36(13)79-52(93)40(23-19-27-76-62(70)71)81-51(92)38(64)21-17-25-74-60(66)67/h30-47H,15-29,64H2,1-14H3,(H2,65,89)(H,78,90)(H,79,93)(H,80,94)(H,81,92)(H,82,99)(H,83,96)(H,84,91)(H,85,97)(H,86,100)(H,87,95)(H,88,98)(H4,66,67,74)(H4,68,69,75)(H4,70,71,76)(H4,72,73,77)/t34-,35-,36-,37-,38-,39-,40-,41-,42-,43-,44-,45-,46-,47-/m0/s1. The molecule has 0 fully saturated rings. The maximum absolute atomic E-state index is 14.5. The van der Waals surface area contributed by atoms with Gasteiger partial charge in [0.1, 0.15) is 66.5 Å². The first kappa shape index (κ1) is 90.7. The van der Waals surface area contributed by atoms with Gasteiger partial charge >= 0.3 is 0 Å². The van der Waals surface area contributed by atoms with Gasteiger partial charge in [0, 0.05) is 26.2 Å². The second-order valence-corrected chi connectivity index (χ2v) is 26.6. The molecular weight excluding hydrogens is 1300 g/mol. The highest BCUT2D eigenvalue weighted by molar-refractivity contribution is 5.99. The van der Waals surface area contributed by atoms with E-state index in [1.54, 1.807) is 69.2 Å². The molecule has 12 amide bonds. The summed E-state index contributed by atoms with van der Waals surface area (Å²) in [6.07, 6.45) is 2.16. The predicted octanol–water partition coefficient (Wildman–Crippen LogP) is -5.51. The summed E-state index contributed by atoms with van der Waals surface area (Å²) in [7, 11) is 0. The van der Waals surface area contributed by atoms with E-state index in [1.165, 1.54) is 13.8 Å². The van der Waals surface area contributed by atoms with Crippen molar-refractivity contribution in [1.82, 2.24) is 58.5 Å². The summed E-state index contributed by atoms with van der Waals surface area (Å²) >= 11 is 0. The molecule has 37 nitrogen and oxygen atoms in total. The van der Waals surface area contributed by atoms with Gasteiger partial charge in [0.25, 0.3) is 0 Å². The number of nitrogens with one attached hydrogen (secondary N) is 11. The zero-order valence-corrected chi connectivity index (χ0v) is 61.0. The first-order chi connectivity index (χ1) is 46.6. The smallest absolute Gasteiger partial charge is 0.243 e. The van der Waals surface area contributed by atoms with Gasteiger partial charge in [0.15, 0.2) is 23.8 Å². The Morgan fingerprint density at radius 2 is 0.560 bits per heavy atom. The number of guanidine groups is 4. The topological polar surface area (TPSA) is 647 Å². The SMILES string of the molecule is CC[C@H](C)[C@H](NC(=O)[C@H](CC(C)C)NC(=O)[C@@H](NC(=O)[C@@H](NC(=O)[C@H](C)NC(=O)[C@H](C)NC(=O)[C@H](CCCN=C(N)N)NC(=O)[C@@H](N)CCCN=C(N)N)C(C)C)C(C)C)C(=O)N[C@H](C(=O)N[C@H](C(=O)N[C@@H](CCCN=C(N)N)C(=O)N[C@@H](CCCN=C(N)N)C(N)=O)[C@@H](C)CC)C(C)C. The Bertz CT molecular complexity index is 2800. The average molecular weight is 1420 g/mol. The van der Waals surface area contributed by atoms with Crippen LogP contribution in [0.4, 0.5) is 0 Å². The number of nitrogens with two attached hydrogens (primary N) is 10. The van der Waals surface area contributed by atoms with Crippen LogP contribution < -0.4 is 116 Å². The molecule has 0 saturated carbocycles. The molecule has 570 valence electrons. The molecule has 0 aromatic rings. The molecule has 31 N–H and O–H groups in total. The first-order valence-electron chi connectivity index (χ1n) is 34.2. The number of carbonyl (C=O) groups excluding carboxylic acids is 12. The highest BCUT2D eigenvalue weighted by Crippen LogP contribution is 2.17. The number of rotatable bonds is 48. The van der Waals surface area contributed by atoms with Gasteiger partial charge in [-0.15, -0.1) is 0 Å². The lowest BCUT2D eigenvalue weighted by atomic mass is 9.94. The molecule has 37 heteroatoms. The van der Waals surface area contributed by atoms with E-state index in [0.29, 0.717) is 19.3 Å². The summed E-state index contributed by atoms with van der Waals surface area (Å²) in [4.78, 5) is 182. The van der Waals surface area contributed by atoms with Crippen LogP contribution in [0.15, 0.2) is 20.0 Å². The fraction of sp³-hybridized carbons (Fsp3) is 0.746. The Balaban J connectivity index is 6.58. The Morgan fingerprint density at radius 3 is 0.920 bits per heavy atom. The second kappa shape index (κ2) is 46.9. The Morgan fingerprint density at radius 1 is 0.300 bits per heavy atom. The highest BCUT2D eigenvalue weighted by Gasteiger charge is 2.39. The third-order valence-corrected chi connectivity index (χ3v) is 16.2. The van der Waals surface area contributed by atoms with Gasteiger partial charge in [-0.05, 0) is 107 Å². The molecule has 0 heterocycles. The van der Waals surface area contributed by atoms with Gasteiger partial charge in [-0.3, -0.25) is 77.5 Å². The van der Waals surface area contributed by atoms with E-state index in [-0.39, 0.29) is 107 Å². The van der Waals surface area contributed by atoms with E-state index in [0.717, 1.165) is 0 Å². The van der Waals surface area contributed by atoms with Crippen LogP contribution in [0.5, 0.6) is 0 Å². The number of carbonyl (C=O) groups is 12. The Labute approximate surface area is 587 Å². The van der Waals surface area contributed by atoms with Gasteiger partial charge in [-0.25, -0.2) is 0 Å². The molecule has 0 rings (SSSR count). The summed E-state index contributed by atoms with van der Waals surface area (Å²) in [5.41, 5.74) is 55.1.